The Hall–Kier alpha value is -3.53. The van der Waals surface area contributed by atoms with Crippen molar-refractivity contribution < 1.29 is 9.53 Å². The van der Waals surface area contributed by atoms with E-state index in [1.54, 1.807) is 7.11 Å². The summed E-state index contributed by atoms with van der Waals surface area (Å²) in [5.74, 6) is 0.778. The van der Waals surface area contributed by atoms with Gasteiger partial charge in [0.05, 0.1) is 7.11 Å². The van der Waals surface area contributed by atoms with Crippen LogP contribution in [0.15, 0.2) is 79.0 Å². The number of ether oxygens (including phenoxy) is 1. The largest absolute Gasteiger partial charge is 0.496 e. The fraction of sp³-hybridized carbons (Fsp3) is 0.0870. The summed E-state index contributed by atoms with van der Waals surface area (Å²) >= 11 is 0. The lowest BCUT2D eigenvalue weighted by molar-refractivity contribution is 0.0941. The number of carbonyl (C=O) groups is 1. The zero-order valence-electron chi connectivity index (χ0n) is 14.8. The van der Waals surface area contributed by atoms with Gasteiger partial charge in [0.25, 0.3) is 0 Å². The fourth-order valence-corrected chi connectivity index (χ4v) is 4.10. The van der Waals surface area contributed by atoms with E-state index in [1.807, 2.05) is 79.0 Å². The maximum absolute atomic E-state index is 13.7. The number of fused-ring (bicyclic) bond motifs is 2. The van der Waals surface area contributed by atoms with Crippen molar-refractivity contribution in [3.05, 3.63) is 95.7 Å². The number of benzene rings is 3. The molecule has 0 amide bonds. The van der Waals surface area contributed by atoms with Crippen LogP contribution in [0.3, 0.4) is 0 Å². The number of Topliss-reactive ketones (excluding diaryl/α,β-unsaturated/α-hetero) is 1. The van der Waals surface area contributed by atoms with Gasteiger partial charge >= 0.3 is 0 Å². The molecule has 1 aliphatic heterocycles. The summed E-state index contributed by atoms with van der Waals surface area (Å²) in [7, 11) is 1.65. The average molecular weight is 354 g/mol. The topological polar surface area (TPSA) is 54.1 Å². The van der Waals surface area contributed by atoms with Crippen LogP contribution < -0.4 is 10.1 Å². The number of aromatic amines is 1. The van der Waals surface area contributed by atoms with Crippen LogP contribution in [0.1, 0.15) is 21.5 Å². The van der Waals surface area contributed by atoms with E-state index in [1.165, 1.54) is 0 Å². The molecule has 27 heavy (non-hydrogen) atoms. The molecular formula is C23H18N2O2. The van der Waals surface area contributed by atoms with E-state index < -0.39 is 5.54 Å². The molecule has 0 spiro atoms. The van der Waals surface area contributed by atoms with Crippen molar-refractivity contribution in [3.63, 3.8) is 0 Å². The van der Waals surface area contributed by atoms with E-state index in [4.69, 9.17) is 4.74 Å². The third-order valence-corrected chi connectivity index (χ3v) is 5.33. The predicted molar refractivity (Wildman–Crippen MR) is 106 cm³/mol. The summed E-state index contributed by atoms with van der Waals surface area (Å²) in [4.78, 5) is 17.1. The summed E-state index contributed by atoms with van der Waals surface area (Å²) in [5, 5.41) is 4.45. The van der Waals surface area contributed by atoms with Crippen LogP contribution in [0.5, 0.6) is 5.75 Å². The molecule has 0 saturated heterocycles. The molecule has 4 nitrogen and oxygen atoms in total. The zero-order chi connectivity index (χ0) is 18.4. The first-order valence-electron chi connectivity index (χ1n) is 8.88. The molecule has 0 aliphatic carbocycles. The van der Waals surface area contributed by atoms with Crippen LogP contribution in [0, 0.1) is 0 Å². The Balaban J connectivity index is 1.86. The highest BCUT2D eigenvalue weighted by Crippen LogP contribution is 2.47. The van der Waals surface area contributed by atoms with Gasteiger partial charge < -0.3 is 15.0 Å². The second-order valence-corrected chi connectivity index (χ2v) is 6.70. The maximum Gasteiger partial charge on any atom is 0.199 e. The van der Waals surface area contributed by atoms with Crippen molar-refractivity contribution >= 4 is 22.4 Å². The van der Waals surface area contributed by atoms with Gasteiger partial charge in [0.1, 0.15) is 5.75 Å². The van der Waals surface area contributed by atoms with Gasteiger partial charge in [0.2, 0.25) is 0 Å². The zero-order valence-corrected chi connectivity index (χ0v) is 14.8. The number of nitrogens with one attached hydrogen (secondary N) is 2. The number of carbonyl (C=O) groups excluding carboxylic acids is 1. The van der Waals surface area contributed by atoms with Crippen LogP contribution >= 0.6 is 0 Å². The van der Waals surface area contributed by atoms with Crippen molar-refractivity contribution in [1.29, 1.82) is 0 Å². The average Bonchev–Trinajstić information content (AvgIpc) is 3.29. The summed E-state index contributed by atoms with van der Waals surface area (Å²) in [5.41, 5.74) is 3.24. The molecule has 2 N–H and O–H groups in total. The van der Waals surface area contributed by atoms with Crippen molar-refractivity contribution in [2.75, 3.05) is 12.4 Å². The molecule has 2 heterocycles. The normalized spacial score (nSPS) is 18.3. The van der Waals surface area contributed by atoms with Crippen LogP contribution in [0.4, 0.5) is 5.69 Å². The standard InChI is InChI=1S/C23H18N2O2/c1-27-20-13-7-12-19-21(20)17(14-24-19)23(15-8-3-2-4-9-15)22(26)16-10-5-6-11-18(16)25-23/h2-14,24-25H,1H3. The lowest BCUT2D eigenvalue weighted by Crippen LogP contribution is -2.39. The van der Waals surface area contributed by atoms with Crippen LogP contribution in [-0.4, -0.2) is 17.9 Å². The van der Waals surface area contributed by atoms with Crippen molar-refractivity contribution in [3.8, 4) is 5.75 Å². The molecule has 1 atom stereocenters. The highest BCUT2D eigenvalue weighted by Gasteiger charge is 2.49. The van der Waals surface area contributed by atoms with Crippen LogP contribution in [-0.2, 0) is 5.54 Å². The number of methoxy groups -OCH3 is 1. The van der Waals surface area contributed by atoms with Gasteiger partial charge in [-0.05, 0) is 29.8 Å². The number of para-hydroxylation sites is 1. The first-order chi connectivity index (χ1) is 13.3. The van der Waals surface area contributed by atoms with Gasteiger partial charge in [-0.1, -0.05) is 48.5 Å². The minimum Gasteiger partial charge on any atom is -0.496 e. The van der Waals surface area contributed by atoms with E-state index in [-0.39, 0.29) is 5.78 Å². The molecule has 1 unspecified atom stereocenters. The lowest BCUT2D eigenvalue weighted by atomic mass is 9.79. The molecule has 0 saturated carbocycles. The Labute approximate surface area is 156 Å². The minimum atomic E-state index is -1.00. The highest BCUT2D eigenvalue weighted by molar-refractivity contribution is 6.17. The molecule has 4 aromatic rings. The Morgan fingerprint density at radius 2 is 1.67 bits per heavy atom. The van der Waals surface area contributed by atoms with Crippen molar-refractivity contribution in [2.45, 2.75) is 5.54 Å². The predicted octanol–water partition coefficient (Wildman–Crippen LogP) is 4.73. The third kappa shape index (κ3) is 2.07. The summed E-state index contributed by atoms with van der Waals surface area (Å²) in [6, 6.07) is 23.4. The molecule has 0 bridgehead atoms. The number of hydrogen-bond donors (Lipinski definition) is 2. The number of ketones is 1. The van der Waals surface area contributed by atoms with Crippen molar-refractivity contribution in [2.24, 2.45) is 0 Å². The van der Waals surface area contributed by atoms with Gasteiger partial charge in [-0.15, -0.1) is 0 Å². The van der Waals surface area contributed by atoms with E-state index >= 15 is 0 Å². The number of aromatic nitrogens is 1. The summed E-state index contributed by atoms with van der Waals surface area (Å²) in [6.45, 7) is 0. The number of rotatable bonds is 3. The molecule has 0 fully saturated rings. The van der Waals surface area contributed by atoms with Gasteiger partial charge in [0, 0.05) is 33.9 Å². The van der Waals surface area contributed by atoms with E-state index in [2.05, 4.69) is 10.3 Å². The third-order valence-electron chi connectivity index (χ3n) is 5.33. The molecule has 1 aromatic heterocycles. The molecule has 0 radical (unpaired) electrons. The Kier molecular flexibility index (Phi) is 3.34. The maximum atomic E-state index is 13.7. The summed E-state index contributed by atoms with van der Waals surface area (Å²) in [6.07, 6.45) is 1.91. The van der Waals surface area contributed by atoms with E-state index in [9.17, 15) is 4.79 Å². The van der Waals surface area contributed by atoms with Gasteiger partial charge in [-0.25, -0.2) is 0 Å². The molecule has 5 rings (SSSR count). The van der Waals surface area contributed by atoms with Crippen molar-refractivity contribution in [1.82, 2.24) is 4.98 Å². The molecule has 132 valence electrons. The lowest BCUT2D eigenvalue weighted by Gasteiger charge is -2.29. The van der Waals surface area contributed by atoms with Gasteiger partial charge in [0.15, 0.2) is 11.3 Å². The fourth-order valence-electron chi connectivity index (χ4n) is 4.10. The summed E-state index contributed by atoms with van der Waals surface area (Å²) < 4.78 is 5.62. The first kappa shape index (κ1) is 15.7. The highest BCUT2D eigenvalue weighted by atomic mass is 16.5. The van der Waals surface area contributed by atoms with Gasteiger partial charge in [-0.3, -0.25) is 4.79 Å². The Morgan fingerprint density at radius 3 is 2.44 bits per heavy atom. The van der Waals surface area contributed by atoms with Gasteiger partial charge in [-0.2, -0.15) is 0 Å². The Morgan fingerprint density at radius 1 is 0.889 bits per heavy atom. The molecule has 1 aliphatic rings. The molecule has 3 aromatic carbocycles. The molecule has 4 heteroatoms. The monoisotopic (exact) mass is 354 g/mol. The number of anilines is 1. The smallest absolute Gasteiger partial charge is 0.199 e. The van der Waals surface area contributed by atoms with E-state index in [0.29, 0.717) is 5.56 Å². The Bertz CT molecular complexity index is 1160. The molecular weight excluding hydrogens is 336 g/mol. The van der Waals surface area contributed by atoms with Crippen LogP contribution in [0.25, 0.3) is 10.9 Å². The SMILES string of the molecule is COc1cccc2[nH]cc(C3(c4ccccc4)Nc4ccccc4C3=O)c12. The second-order valence-electron chi connectivity index (χ2n) is 6.70. The number of hydrogen-bond acceptors (Lipinski definition) is 3. The minimum absolute atomic E-state index is 0.0381. The van der Waals surface area contributed by atoms with Crippen LogP contribution in [0.2, 0.25) is 0 Å². The first-order valence-corrected chi connectivity index (χ1v) is 8.88. The van der Waals surface area contributed by atoms with E-state index in [0.717, 1.165) is 33.5 Å². The quantitative estimate of drug-likeness (QED) is 0.559. The number of H-pyrrole nitrogens is 1. The second kappa shape index (κ2) is 5.74.